The fourth-order valence-corrected chi connectivity index (χ4v) is 2.89. The van der Waals surface area contributed by atoms with Crippen molar-refractivity contribution in [3.8, 4) is 0 Å². The Kier molecular flexibility index (Phi) is 7.35. The molecule has 0 aliphatic carbocycles. The van der Waals surface area contributed by atoms with Crippen molar-refractivity contribution in [2.75, 3.05) is 12.3 Å². The molecule has 2 heteroatoms. The van der Waals surface area contributed by atoms with E-state index in [2.05, 4.69) is 37.3 Å². The van der Waals surface area contributed by atoms with E-state index in [-0.39, 0.29) is 0 Å². The quantitative estimate of drug-likeness (QED) is 0.547. The van der Waals surface area contributed by atoms with Gasteiger partial charge in [0.1, 0.15) is 0 Å². The summed E-state index contributed by atoms with van der Waals surface area (Å²) in [4.78, 5) is 1.39. The summed E-state index contributed by atoms with van der Waals surface area (Å²) >= 11 is 1.98. The van der Waals surface area contributed by atoms with Gasteiger partial charge in [-0.2, -0.15) is 0 Å². The van der Waals surface area contributed by atoms with Crippen molar-refractivity contribution < 1.29 is 0 Å². The summed E-state index contributed by atoms with van der Waals surface area (Å²) in [6, 6.07) is 10.7. The first-order valence-corrected chi connectivity index (χ1v) is 7.23. The lowest BCUT2D eigenvalue weighted by molar-refractivity contribution is 0.494. The van der Waals surface area contributed by atoms with Crippen LogP contribution >= 0.6 is 11.8 Å². The normalized spacial score (nSPS) is 12.6. The lowest BCUT2D eigenvalue weighted by Gasteiger charge is -2.13. The van der Waals surface area contributed by atoms with Gasteiger partial charge in [-0.15, -0.1) is 11.8 Å². The van der Waals surface area contributed by atoms with Gasteiger partial charge in [-0.05, 0) is 37.4 Å². The number of benzene rings is 1. The third-order valence-corrected chi connectivity index (χ3v) is 4.12. The average molecular weight is 237 g/mol. The molecule has 0 aliphatic heterocycles. The van der Waals surface area contributed by atoms with E-state index in [1.54, 1.807) is 0 Å². The van der Waals surface area contributed by atoms with Crippen molar-refractivity contribution in [3.05, 3.63) is 30.3 Å². The van der Waals surface area contributed by atoms with E-state index in [1.807, 2.05) is 11.8 Å². The van der Waals surface area contributed by atoms with Gasteiger partial charge in [0, 0.05) is 10.6 Å². The highest BCUT2D eigenvalue weighted by atomic mass is 32.2. The fraction of sp³-hybridized carbons (Fsp3) is 0.571. The second-order valence-corrected chi connectivity index (χ2v) is 5.28. The van der Waals surface area contributed by atoms with E-state index >= 15 is 0 Å². The molecule has 0 aliphatic rings. The Morgan fingerprint density at radius 3 is 2.56 bits per heavy atom. The number of rotatable bonds is 8. The molecule has 0 saturated carbocycles. The molecule has 90 valence electrons. The van der Waals surface area contributed by atoms with Crippen LogP contribution in [-0.4, -0.2) is 12.3 Å². The topological polar surface area (TPSA) is 26.0 Å². The average Bonchev–Trinajstić information content (AvgIpc) is 2.35. The summed E-state index contributed by atoms with van der Waals surface area (Å²) in [6.07, 6.45) is 5.06. The third kappa shape index (κ3) is 5.57. The predicted molar refractivity (Wildman–Crippen MR) is 73.9 cm³/mol. The maximum absolute atomic E-state index is 5.52. The van der Waals surface area contributed by atoms with Crippen molar-refractivity contribution in [2.45, 2.75) is 37.5 Å². The zero-order chi connectivity index (χ0) is 11.6. The molecule has 2 N–H and O–H groups in total. The minimum atomic E-state index is 0.836. The number of unbranched alkanes of at least 4 members (excludes halogenated alkanes) is 1. The molecule has 1 unspecified atom stereocenters. The van der Waals surface area contributed by atoms with Crippen LogP contribution in [0.1, 0.15) is 32.6 Å². The van der Waals surface area contributed by atoms with E-state index in [0.717, 1.165) is 12.5 Å². The molecule has 0 amide bonds. The number of hydrogen-bond donors (Lipinski definition) is 1. The number of nitrogens with two attached hydrogens (primary N) is 1. The van der Waals surface area contributed by atoms with Crippen molar-refractivity contribution in [1.29, 1.82) is 0 Å². The van der Waals surface area contributed by atoms with Crippen molar-refractivity contribution >= 4 is 11.8 Å². The summed E-state index contributed by atoms with van der Waals surface area (Å²) in [5.74, 6) is 2.09. The molecule has 1 atom stereocenters. The molecule has 1 rings (SSSR count). The molecular weight excluding hydrogens is 214 g/mol. The zero-order valence-electron chi connectivity index (χ0n) is 10.2. The highest BCUT2D eigenvalue weighted by Gasteiger charge is 2.06. The standard InChI is InChI=1S/C14H23NS/c1-2-13(8-6-7-11-15)12-16-14-9-4-3-5-10-14/h3-5,9-10,13H,2,6-8,11-12,15H2,1H3. The second kappa shape index (κ2) is 8.66. The Bertz CT molecular complexity index is 261. The smallest absolute Gasteiger partial charge is 0.00720 e. The van der Waals surface area contributed by atoms with Crippen LogP contribution in [0.4, 0.5) is 0 Å². The Hall–Kier alpha value is -0.470. The van der Waals surface area contributed by atoms with E-state index in [1.165, 1.54) is 36.3 Å². The molecular formula is C14H23NS. The van der Waals surface area contributed by atoms with Gasteiger partial charge in [0.15, 0.2) is 0 Å². The van der Waals surface area contributed by atoms with Gasteiger partial charge in [0.25, 0.3) is 0 Å². The zero-order valence-corrected chi connectivity index (χ0v) is 11.0. The molecule has 1 aromatic rings. The van der Waals surface area contributed by atoms with Gasteiger partial charge >= 0.3 is 0 Å². The van der Waals surface area contributed by atoms with Gasteiger partial charge in [-0.1, -0.05) is 38.0 Å². The lowest BCUT2D eigenvalue weighted by Crippen LogP contribution is -2.04. The van der Waals surface area contributed by atoms with Crippen molar-refractivity contribution in [1.82, 2.24) is 0 Å². The van der Waals surface area contributed by atoms with E-state index in [9.17, 15) is 0 Å². The molecule has 0 fully saturated rings. The number of hydrogen-bond acceptors (Lipinski definition) is 2. The highest BCUT2D eigenvalue weighted by molar-refractivity contribution is 7.99. The molecule has 1 aromatic carbocycles. The van der Waals surface area contributed by atoms with Crippen LogP contribution in [0.15, 0.2) is 35.2 Å². The van der Waals surface area contributed by atoms with E-state index in [4.69, 9.17) is 5.73 Å². The Labute approximate surface area is 104 Å². The van der Waals surface area contributed by atoms with E-state index in [0.29, 0.717) is 0 Å². The van der Waals surface area contributed by atoms with Crippen LogP contribution in [0.3, 0.4) is 0 Å². The maximum atomic E-state index is 5.52. The van der Waals surface area contributed by atoms with Gasteiger partial charge in [0.05, 0.1) is 0 Å². The monoisotopic (exact) mass is 237 g/mol. The SMILES string of the molecule is CCC(CCCCN)CSc1ccccc1. The fourth-order valence-electron chi connectivity index (χ4n) is 1.71. The first kappa shape index (κ1) is 13.6. The third-order valence-electron chi connectivity index (χ3n) is 2.87. The highest BCUT2D eigenvalue weighted by Crippen LogP contribution is 2.24. The maximum Gasteiger partial charge on any atom is 0.00720 e. The minimum Gasteiger partial charge on any atom is -0.330 e. The van der Waals surface area contributed by atoms with Crippen molar-refractivity contribution in [2.24, 2.45) is 11.7 Å². The van der Waals surface area contributed by atoms with Crippen LogP contribution in [-0.2, 0) is 0 Å². The molecule has 16 heavy (non-hydrogen) atoms. The van der Waals surface area contributed by atoms with E-state index < -0.39 is 0 Å². The Morgan fingerprint density at radius 1 is 1.19 bits per heavy atom. The van der Waals surface area contributed by atoms with Crippen molar-refractivity contribution in [3.63, 3.8) is 0 Å². The lowest BCUT2D eigenvalue weighted by atomic mass is 10.0. The summed E-state index contributed by atoms with van der Waals surface area (Å²) in [7, 11) is 0. The summed E-state index contributed by atoms with van der Waals surface area (Å²) in [5.41, 5.74) is 5.52. The summed E-state index contributed by atoms with van der Waals surface area (Å²) in [5, 5.41) is 0. The van der Waals surface area contributed by atoms with Crippen LogP contribution in [0.5, 0.6) is 0 Å². The molecule has 0 spiro atoms. The van der Waals surface area contributed by atoms with Gasteiger partial charge < -0.3 is 5.73 Å². The molecule has 0 saturated heterocycles. The largest absolute Gasteiger partial charge is 0.330 e. The number of thioether (sulfide) groups is 1. The van der Waals surface area contributed by atoms with Gasteiger partial charge in [-0.25, -0.2) is 0 Å². The molecule has 0 heterocycles. The molecule has 0 radical (unpaired) electrons. The van der Waals surface area contributed by atoms with Gasteiger partial charge in [-0.3, -0.25) is 0 Å². The van der Waals surface area contributed by atoms with Crippen LogP contribution < -0.4 is 5.73 Å². The minimum absolute atomic E-state index is 0.836. The van der Waals surface area contributed by atoms with Gasteiger partial charge in [0.2, 0.25) is 0 Å². The first-order chi connectivity index (χ1) is 7.86. The van der Waals surface area contributed by atoms with Crippen LogP contribution in [0, 0.1) is 5.92 Å². The first-order valence-electron chi connectivity index (χ1n) is 6.24. The second-order valence-electron chi connectivity index (χ2n) is 4.18. The molecule has 0 bridgehead atoms. The van der Waals surface area contributed by atoms with Crippen LogP contribution in [0.2, 0.25) is 0 Å². The Morgan fingerprint density at radius 2 is 1.94 bits per heavy atom. The van der Waals surface area contributed by atoms with Crippen LogP contribution in [0.25, 0.3) is 0 Å². The summed E-state index contributed by atoms with van der Waals surface area (Å²) < 4.78 is 0. The Balaban J connectivity index is 2.23. The molecule has 1 nitrogen and oxygen atoms in total. The summed E-state index contributed by atoms with van der Waals surface area (Å²) in [6.45, 7) is 3.13. The predicted octanol–water partition coefficient (Wildman–Crippen LogP) is 3.93. The molecule has 0 aromatic heterocycles.